The molecule has 0 aliphatic carbocycles. The van der Waals surface area contributed by atoms with Crippen molar-refractivity contribution in [3.05, 3.63) is 52.8 Å². The average Bonchev–Trinajstić information content (AvgIpc) is 2.50. The molecule has 0 heterocycles. The predicted octanol–water partition coefficient (Wildman–Crippen LogP) is 4.72. The smallest absolute Gasteiger partial charge is 0.265 e. The molecule has 1 N–H and O–H groups in total. The summed E-state index contributed by atoms with van der Waals surface area (Å²) in [5.41, 5.74) is 0.715. The van der Waals surface area contributed by atoms with Crippen molar-refractivity contribution in [1.82, 2.24) is 0 Å². The Balaban J connectivity index is 2.06. The molecule has 0 radical (unpaired) electrons. The zero-order valence-corrected chi connectivity index (χ0v) is 14.5. The highest BCUT2D eigenvalue weighted by Gasteiger charge is 2.17. The maximum Gasteiger partial charge on any atom is 0.265 e. The van der Waals surface area contributed by atoms with Gasteiger partial charge in [-0.1, -0.05) is 28.1 Å². The number of hydrogen-bond acceptors (Lipinski definition) is 3. The van der Waals surface area contributed by atoms with Gasteiger partial charge in [0.2, 0.25) is 0 Å². The summed E-state index contributed by atoms with van der Waals surface area (Å²) in [7, 11) is 0. The molecule has 1 atom stereocenters. The standard InChI is InChI=1S/C16H15BrFNO2S/c1-10(21-14-8-7-11(17)9-12(14)18)16(20)19-13-5-3-4-6-15(13)22-2/h3-10H,1-2H3,(H,19,20). The van der Waals surface area contributed by atoms with Crippen molar-refractivity contribution >= 4 is 39.3 Å². The maximum absolute atomic E-state index is 13.7. The first-order valence-electron chi connectivity index (χ1n) is 6.57. The van der Waals surface area contributed by atoms with Crippen molar-refractivity contribution in [2.45, 2.75) is 17.9 Å². The Bertz CT molecular complexity index is 681. The minimum atomic E-state index is -0.814. The highest BCUT2D eigenvalue weighted by molar-refractivity contribution is 9.10. The summed E-state index contributed by atoms with van der Waals surface area (Å²) in [4.78, 5) is 13.1. The summed E-state index contributed by atoms with van der Waals surface area (Å²) in [6, 6.07) is 11.9. The van der Waals surface area contributed by atoms with Gasteiger partial charge in [-0.2, -0.15) is 0 Å². The van der Waals surface area contributed by atoms with Crippen LogP contribution in [0, 0.1) is 5.82 Å². The first-order valence-corrected chi connectivity index (χ1v) is 8.58. The van der Waals surface area contributed by atoms with Gasteiger partial charge in [0, 0.05) is 9.37 Å². The third kappa shape index (κ3) is 4.24. The van der Waals surface area contributed by atoms with E-state index in [9.17, 15) is 9.18 Å². The van der Waals surface area contributed by atoms with Crippen LogP contribution >= 0.6 is 27.7 Å². The van der Waals surface area contributed by atoms with Crippen LogP contribution in [-0.2, 0) is 4.79 Å². The lowest BCUT2D eigenvalue weighted by Gasteiger charge is -2.16. The molecule has 6 heteroatoms. The number of rotatable bonds is 5. The van der Waals surface area contributed by atoms with E-state index in [1.54, 1.807) is 13.0 Å². The van der Waals surface area contributed by atoms with E-state index in [4.69, 9.17) is 4.74 Å². The first-order chi connectivity index (χ1) is 10.5. The van der Waals surface area contributed by atoms with Gasteiger partial charge in [0.15, 0.2) is 17.7 Å². The molecular formula is C16H15BrFNO2S. The minimum Gasteiger partial charge on any atom is -0.478 e. The lowest BCUT2D eigenvalue weighted by atomic mass is 10.3. The fraction of sp³-hybridized carbons (Fsp3) is 0.188. The topological polar surface area (TPSA) is 38.3 Å². The van der Waals surface area contributed by atoms with Gasteiger partial charge in [-0.15, -0.1) is 11.8 Å². The second kappa shape index (κ2) is 7.65. The molecule has 0 aromatic heterocycles. The van der Waals surface area contributed by atoms with Crippen LogP contribution in [0.2, 0.25) is 0 Å². The summed E-state index contributed by atoms with van der Waals surface area (Å²) >= 11 is 4.71. The van der Waals surface area contributed by atoms with Crippen LogP contribution < -0.4 is 10.1 Å². The van der Waals surface area contributed by atoms with E-state index in [0.29, 0.717) is 10.2 Å². The number of thioether (sulfide) groups is 1. The normalized spacial score (nSPS) is 11.8. The Morgan fingerprint density at radius 1 is 1.32 bits per heavy atom. The molecule has 0 saturated carbocycles. The Morgan fingerprint density at radius 2 is 2.05 bits per heavy atom. The number of halogens is 2. The second-order valence-electron chi connectivity index (χ2n) is 4.52. The molecule has 0 saturated heterocycles. The van der Waals surface area contributed by atoms with E-state index in [1.807, 2.05) is 30.5 Å². The van der Waals surface area contributed by atoms with Gasteiger partial charge >= 0.3 is 0 Å². The Kier molecular flexibility index (Phi) is 5.85. The first kappa shape index (κ1) is 16.8. The molecule has 22 heavy (non-hydrogen) atoms. The average molecular weight is 384 g/mol. The third-order valence-electron chi connectivity index (χ3n) is 2.93. The number of hydrogen-bond donors (Lipinski definition) is 1. The molecular weight excluding hydrogens is 369 g/mol. The van der Waals surface area contributed by atoms with Crippen molar-refractivity contribution in [3.63, 3.8) is 0 Å². The van der Waals surface area contributed by atoms with Crippen LogP contribution in [0.4, 0.5) is 10.1 Å². The molecule has 116 valence electrons. The fourth-order valence-corrected chi connectivity index (χ4v) is 2.68. The van der Waals surface area contributed by atoms with Crippen LogP contribution in [0.3, 0.4) is 0 Å². The van der Waals surface area contributed by atoms with E-state index in [-0.39, 0.29) is 11.7 Å². The molecule has 0 aliphatic heterocycles. The van der Waals surface area contributed by atoms with Crippen LogP contribution in [0.5, 0.6) is 5.75 Å². The van der Waals surface area contributed by atoms with Gasteiger partial charge in [-0.3, -0.25) is 4.79 Å². The highest BCUT2D eigenvalue weighted by Crippen LogP contribution is 2.26. The Hall–Kier alpha value is -1.53. The number of anilines is 1. The fourth-order valence-electron chi connectivity index (χ4n) is 1.80. The molecule has 2 aromatic rings. The van der Waals surface area contributed by atoms with Crippen molar-refractivity contribution < 1.29 is 13.9 Å². The number of amides is 1. The molecule has 2 aromatic carbocycles. The van der Waals surface area contributed by atoms with Gasteiger partial charge in [0.1, 0.15) is 0 Å². The SMILES string of the molecule is CSc1ccccc1NC(=O)C(C)Oc1ccc(Br)cc1F. The number of ether oxygens (including phenoxy) is 1. The maximum atomic E-state index is 13.7. The molecule has 0 fully saturated rings. The quantitative estimate of drug-likeness (QED) is 0.759. The molecule has 2 rings (SSSR count). The van der Waals surface area contributed by atoms with Crippen molar-refractivity contribution in [2.24, 2.45) is 0 Å². The third-order valence-corrected chi connectivity index (χ3v) is 4.22. The lowest BCUT2D eigenvalue weighted by molar-refractivity contribution is -0.122. The largest absolute Gasteiger partial charge is 0.478 e. The molecule has 1 amide bonds. The number of carbonyl (C=O) groups excluding carboxylic acids is 1. The Labute approximate surface area is 141 Å². The van der Waals surface area contributed by atoms with Crippen LogP contribution in [0.25, 0.3) is 0 Å². The van der Waals surface area contributed by atoms with E-state index >= 15 is 0 Å². The number of para-hydroxylation sites is 1. The molecule has 0 spiro atoms. The Morgan fingerprint density at radius 3 is 2.73 bits per heavy atom. The number of benzene rings is 2. The lowest BCUT2D eigenvalue weighted by Crippen LogP contribution is -2.30. The van der Waals surface area contributed by atoms with E-state index in [1.165, 1.54) is 23.9 Å². The van der Waals surface area contributed by atoms with Gasteiger partial charge in [0.05, 0.1) is 5.69 Å². The van der Waals surface area contributed by atoms with Crippen molar-refractivity contribution in [3.8, 4) is 5.75 Å². The predicted molar refractivity (Wildman–Crippen MR) is 91.0 cm³/mol. The summed E-state index contributed by atoms with van der Waals surface area (Å²) in [6.45, 7) is 1.58. The van der Waals surface area contributed by atoms with E-state index in [2.05, 4.69) is 21.2 Å². The summed E-state index contributed by atoms with van der Waals surface area (Å²) < 4.78 is 19.7. The van der Waals surface area contributed by atoms with Gasteiger partial charge in [-0.25, -0.2) is 4.39 Å². The van der Waals surface area contributed by atoms with Crippen LogP contribution in [-0.4, -0.2) is 18.3 Å². The van der Waals surface area contributed by atoms with Crippen LogP contribution in [0.1, 0.15) is 6.92 Å². The monoisotopic (exact) mass is 383 g/mol. The zero-order valence-electron chi connectivity index (χ0n) is 12.1. The molecule has 0 aliphatic rings. The molecule has 1 unspecified atom stereocenters. The zero-order chi connectivity index (χ0) is 16.1. The van der Waals surface area contributed by atoms with Crippen molar-refractivity contribution in [1.29, 1.82) is 0 Å². The second-order valence-corrected chi connectivity index (χ2v) is 6.29. The van der Waals surface area contributed by atoms with Crippen molar-refractivity contribution in [2.75, 3.05) is 11.6 Å². The number of nitrogens with one attached hydrogen (secondary N) is 1. The molecule has 0 bridgehead atoms. The van der Waals surface area contributed by atoms with E-state index < -0.39 is 11.9 Å². The van der Waals surface area contributed by atoms with Gasteiger partial charge < -0.3 is 10.1 Å². The van der Waals surface area contributed by atoms with Crippen LogP contribution in [0.15, 0.2) is 51.8 Å². The summed E-state index contributed by atoms with van der Waals surface area (Å²) in [5.74, 6) is -0.800. The minimum absolute atomic E-state index is 0.0454. The molecule has 3 nitrogen and oxygen atoms in total. The van der Waals surface area contributed by atoms with E-state index in [0.717, 1.165) is 4.90 Å². The summed E-state index contributed by atoms with van der Waals surface area (Å²) in [5, 5.41) is 2.80. The number of carbonyl (C=O) groups is 1. The van der Waals surface area contributed by atoms with Gasteiger partial charge in [0.25, 0.3) is 5.91 Å². The summed E-state index contributed by atoms with van der Waals surface area (Å²) in [6.07, 6.45) is 1.12. The highest BCUT2D eigenvalue weighted by atomic mass is 79.9. The van der Waals surface area contributed by atoms with Gasteiger partial charge in [-0.05, 0) is 43.5 Å².